The Morgan fingerprint density at radius 1 is 1.09 bits per heavy atom. The number of halogens is 1. The van der Waals surface area contributed by atoms with Crippen molar-refractivity contribution < 1.29 is 9.31 Å². The second-order valence-electron chi connectivity index (χ2n) is 6.44. The van der Waals surface area contributed by atoms with Gasteiger partial charge >= 0.3 is 7.12 Å². The Kier molecular flexibility index (Phi) is 3.87. The summed E-state index contributed by atoms with van der Waals surface area (Å²) in [6, 6.07) is 7.80. The van der Waals surface area contributed by atoms with Crippen molar-refractivity contribution in [3.8, 4) is 11.3 Å². The van der Waals surface area contributed by atoms with Crippen molar-refractivity contribution in [2.45, 2.75) is 38.9 Å². The summed E-state index contributed by atoms with van der Waals surface area (Å²) in [6.07, 6.45) is 3.54. The minimum Gasteiger partial charge on any atom is -0.399 e. The summed E-state index contributed by atoms with van der Waals surface area (Å²) in [5.74, 6) is 0. The van der Waals surface area contributed by atoms with E-state index in [4.69, 9.17) is 9.31 Å². The standard InChI is InChI=1S/C16H18BBrN2O2/c1-15(2)16(3,4)22-17(21-15)12-8-13(20-14(18)9-12)11-6-5-7-19-10-11/h5-10H,1-4H3. The van der Waals surface area contributed by atoms with E-state index in [2.05, 4.69) is 25.9 Å². The minimum absolute atomic E-state index is 0.359. The summed E-state index contributed by atoms with van der Waals surface area (Å²) in [6.45, 7) is 8.19. The van der Waals surface area contributed by atoms with Gasteiger partial charge in [-0.05, 0) is 73.4 Å². The topological polar surface area (TPSA) is 44.2 Å². The van der Waals surface area contributed by atoms with Crippen LogP contribution in [0.1, 0.15) is 27.7 Å². The van der Waals surface area contributed by atoms with Gasteiger partial charge in [-0.25, -0.2) is 4.98 Å². The van der Waals surface area contributed by atoms with Crippen LogP contribution >= 0.6 is 15.9 Å². The zero-order valence-corrected chi connectivity index (χ0v) is 14.7. The number of hydrogen-bond donors (Lipinski definition) is 0. The molecule has 4 nitrogen and oxygen atoms in total. The van der Waals surface area contributed by atoms with Crippen LogP contribution in [0.3, 0.4) is 0 Å². The van der Waals surface area contributed by atoms with E-state index in [1.807, 2.05) is 52.0 Å². The van der Waals surface area contributed by atoms with Crippen molar-refractivity contribution in [2.24, 2.45) is 0 Å². The van der Waals surface area contributed by atoms with Crippen molar-refractivity contribution in [1.29, 1.82) is 0 Å². The first-order chi connectivity index (χ1) is 10.3. The molecule has 2 aromatic heterocycles. The normalized spacial score (nSPS) is 19.4. The number of pyridine rings is 2. The fourth-order valence-electron chi connectivity index (χ4n) is 2.29. The fourth-order valence-corrected chi connectivity index (χ4v) is 2.75. The average molecular weight is 361 g/mol. The summed E-state index contributed by atoms with van der Waals surface area (Å²) >= 11 is 3.47. The lowest BCUT2D eigenvalue weighted by molar-refractivity contribution is 0.00578. The van der Waals surface area contributed by atoms with Crippen molar-refractivity contribution in [3.05, 3.63) is 41.3 Å². The van der Waals surface area contributed by atoms with Gasteiger partial charge in [-0.1, -0.05) is 0 Å². The molecule has 0 spiro atoms. The first kappa shape index (κ1) is 15.7. The Labute approximate surface area is 139 Å². The monoisotopic (exact) mass is 360 g/mol. The Morgan fingerprint density at radius 3 is 2.36 bits per heavy atom. The molecule has 0 N–H and O–H groups in total. The molecule has 0 aromatic carbocycles. The summed E-state index contributed by atoms with van der Waals surface area (Å²) in [4.78, 5) is 8.66. The Bertz CT molecular complexity index is 676. The van der Waals surface area contributed by atoms with Crippen molar-refractivity contribution in [3.63, 3.8) is 0 Å². The number of nitrogens with zero attached hydrogens (tertiary/aromatic N) is 2. The summed E-state index contributed by atoms with van der Waals surface area (Å²) < 4.78 is 13.0. The van der Waals surface area contributed by atoms with Crippen LogP contribution in [0.2, 0.25) is 0 Å². The van der Waals surface area contributed by atoms with E-state index >= 15 is 0 Å². The molecule has 0 radical (unpaired) electrons. The van der Waals surface area contributed by atoms with Crippen LogP contribution in [0.4, 0.5) is 0 Å². The third-order valence-corrected chi connectivity index (χ3v) is 4.71. The van der Waals surface area contributed by atoms with E-state index in [1.54, 1.807) is 12.4 Å². The van der Waals surface area contributed by atoms with Gasteiger partial charge in [-0.15, -0.1) is 0 Å². The van der Waals surface area contributed by atoms with Crippen LogP contribution in [0.5, 0.6) is 0 Å². The Balaban J connectivity index is 1.98. The van der Waals surface area contributed by atoms with E-state index < -0.39 is 7.12 Å². The maximum atomic E-state index is 6.11. The van der Waals surface area contributed by atoms with Gasteiger partial charge in [0.2, 0.25) is 0 Å². The zero-order valence-electron chi connectivity index (χ0n) is 13.1. The first-order valence-electron chi connectivity index (χ1n) is 7.22. The highest BCUT2D eigenvalue weighted by Crippen LogP contribution is 2.36. The Morgan fingerprint density at radius 2 is 1.77 bits per heavy atom. The lowest BCUT2D eigenvalue weighted by atomic mass is 9.79. The third kappa shape index (κ3) is 2.83. The molecule has 2 aromatic rings. The minimum atomic E-state index is -0.403. The first-order valence-corrected chi connectivity index (χ1v) is 8.01. The highest BCUT2D eigenvalue weighted by atomic mass is 79.9. The zero-order chi connectivity index (χ0) is 16.0. The molecular formula is C16H18BBrN2O2. The number of rotatable bonds is 2. The molecule has 1 saturated heterocycles. The molecule has 0 unspecified atom stereocenters. The third-order valence-electron chi connectivity index (χ3n) is 4.30. The molecular weight excluding hydrogens is 343 g/mol. The predicted molar refractivity (Wildman–Crippen MR) is 90.9 cm³/mol. The van der Waals surface area contributed by atoms with Gasteiger partial charge in [0.25, 0.3) is 0 Å². The number of aromatic nitrogens is 2. The fraction of sp³-hybridized carbons (Fsp3) is 0.375. The predicted octanol–water partition coefficient (Wildman–Crippen LogP) is 3.21. The lowest BCUT2D eigenvalue weighted by Crippen LogP contribution is -2.41. The van der Waals surface area contributed by atoms with Gasteiger partial charge in [-0.3, -0.25) is 4.98 Å². The molecule has 1 aliphatic rings. The molecule has 0 aliphatic carbocycles. The van der Waals surface area contributed by atoms with Crippen LogP contribution in [0.15, 0.2) is 41.3 Å². The van der Waals surface area contributed by atoms with Gasteiger partial charge in [0.15, 0.2) is 0 Å². The van der Waals surface area contributed by atoms with E-state index in [1.165, 1.54) is 0 Å². The van der Waals surface area contributed by atoms with Crippen molar-refractivity contribution >= 4 is 28.5 Å². The van der Waals surface area contributed by atoms with Crippen molar-refractivity contribution in [2.75, 3.05) is 0 Å². The molecule has 0 saturated carbocycles. The van der Waals surface area contributed by atoms with Crippen LogP contribution in [-0.2, 0) is 9.31 Å². The maximum Gasteiger partial charge on any atom is 0.495 e. The molecule has 0 amide bonds. The molecule has 0 atom stereocenters. The second kappa shape index (κ2) is 5.44. The smallest absolute Gasteiger partial charge is 0.399 e. The van der Waals surface area contributed by atoms with Crippen LogP contribution in [-0.4, -0.2) is 28.3 Å². The Hall–Kier alpha value is -1.24. The largest absolute Gasteiger partial charge is 0.495 e. The lowest BCUT2D eigenvalue weighted by Gasteiger charge is -2.32. The van der Waals surface area contributed by atoms with E-state index in [0.29, 0.717) is 0 Å². The molecule has 6 heteroatoms. The van der Waals surface area contributed by atoms with Gasteiger partial charge in [0, 0.05) is 18.0 Å². The average Bonchev–Trinajstić information content (AvgIpc) is 2.68. The molecule has 22 heavy (non-hydrogen) atoms. The molecule has 3 heterocycles. The summed E-state index contributed by atoms with van der Waals surface area (Å²) in [5, 5.41) is 0. The van der Waals surface area contributed by atoms with E-state index in [-0.39, 0.29) is 11.2 Å². The number of hydrogen-bond acceptors (Lipinski definition) is 4. The van der Waals surface area contributed by atoms with E-state index in [0.717, 1.165) is 21.3 Å². The summed E-state index contributed by atoms with van der Waals surface area (Å²) in [7, 11) is -0.403. The second-order valence-corrected chi connectivity index (χ2v) is 7.25. The van der Waals surface area contributed by atoms with Crippen LogP contribution in [0, 0.1) is 0 Å². The SMILES string of the molecule is CC1(C)OB(c2cc(Br)nc(-c3cccnc3)c2)OC1(C)C. The van der Waals surface area contributed by atoms with Gasteiger partial charge in [0.05, 0.1) is 16.9 Å². The van der Waals surface area contributed by atoms with E-state index in [9.17, 15) is 0 Å². The van der Waals surface area contributed by atoms with Crippen LogP contribution < -0.4 is 5.46 Å². The highest BCUT2D eigenvalue weighted by Gasteiger charge is 2.51. The van der Waals surface area contributed by atoms with Gasteiger partial charge < -0.3 is 9.31 Å². The summed E-state index contributed by atoms with van der Waals surface area (Å²) in [5.41, 5.74) is 2.03. The van der Waals surface area contributed by atoms with Crippen molar-refractivity contribution in [1.82, 2.24) is 9.97 Å². The molecule has 1 fully saturated rings. The van der Waals surface area contributed by atoms with Crippen LogP contribution in [0.25, 0.3) is 11.3 Å². The highest BCUT2D eigenvalue weighted by molar-refractivity contribution is 9.10. The van der Waals surface area contributed by atoms with Gasteiger partial charge in [0.1, 0.15) is 4.60 Å². The maximum absolute atomic E-state index is 6.11. The quantitative estimate of drug-likeness (QED) is 0.609. The molecule has 114 valence electrons. The molecule has 0 bridgehead atoms. The molecule has 1 aliphatic heterocycles. The van der Waals surface area contributed by atoms with Gasteiger partial charge in [-0.2, -0.15) is 0 Å². The molecule has 3 rings (SSSR count).